The molecule has 0 aliphatic rings. The lowest BCUT2D eigenvalue weighted by Gasteiger charge is -2.13. The standard InChI is InChI=1S/C27H27NO5/c1-30-24-13-12-19(10-11-20-17-25(31-2)27(33-4)26(18-20)32-3)16-22(24)28-15-14-23(29)21-8-6-5-7-9-21/h5-18,28H,1-4H3/b11-10?,15-14-. The zero-order valence-corrected chi connectivity index (χ0v) is 19.1. The largest absolute Gasteiger partial charge is 0.495 e. The molecule has 6 heteroatoms. The highest BCUT2D eigenvalue weighted by Gasteiger charge is 2.12. The Kier molecular flexibility index (Phi) is 8.13. The van der Waals surface area contributed by atoms with E-state index in [-0.39, 0.29) is 5.78 Å². The van der Waals surface area contributed by atoms with Gasteiger partial charge in [0.15, 0.2) is 17.3 Å². The summed E-state index contributed by atoms with van der Waals surface area (Å²) in [5.74, 6) is 2.30. The van der Waals surface area contributed by atoms with E-state index in [1.807, 2.05) is 60.7 Å². The number of hydrogen-bond acceptors (Lipinski definition) is 6. The van der Waals surface area contributed by atoms with E-state index < -0.39 is 0 Å². The number of carbonyl (C=O) groups excluding carboxylic acids is 1. The lowest BCUT2D eigenvalue weighted by Crippen LogP contribution is -1.97. The van der Waals surface area contributed by atoms with Crippen LogP contribution in [-0.4, -0.2) is 34.2 Å². The molecular weight excluding hydrogens is 418 g/mol. The zero-order valence-electron chi connectivity index (χ0n) is 19.1. The van der Waals surface area contributed by atoms with Crippen molar-refractivity contribution < 1.29 is 23.7 Å². The second kappa shape index (κ2) is 11.4. The van der Waals surface area contributed by atoms with E-state index in [1.165, 1.54) is 6.08 Å². The molecule has 3 rings (SSSR count). The number of ketones is 1. The van der Waals surface area contributed by atoms with Gasteiger partial charge in [0.1, 0.15) is 5.75 Å². The number of anilines is 1. The maximum Gasteiger partial charge on any atom is 0.203 e. The second-order valence-electron chi connectivity index (χ2n) is 6.96. The maximum atomic E-state index is 12.3. The van der Waals surface area contributed by atoms with Crippen LogP contribution < -0.4 is 24.3 Å². The summed E-state index contributed by atoms with van der Waals surface area (Å²) in [4.78, 5) is 12.3. The number of nitrogens with one attached hydrogen (secondary N) is 1. The van der Waals surface area contributed by atoms with Crippen LogP contribution in [0.2, 0.25) is 0 Å². The van der Waals surface area contributed by atoms with Crippen LogP contribution in [-0.2, 0) is 0 Å². The molecular formula is C27H27NO5. The highest BCUT2D eigenvalue weighted by Crippen LogP contribution is 2.38. The first-order valence-electron chi connectivity index (χ1n) is 10.3. The minimum Gasteiger partial charge on any atom is -0.495 e. The molecule has 0 saturated carbocycles. The number of benzene rings is 3. The molecule has 0 heterocycles. The number of allylic oxidation sites excluding steroid dienone is 1. The fourth-order valence-corrected chi connectivity index (χ4v) is 3.24. The summed E-state index contributed by atoms with van der Waals surface area (Å²) in [5, 5.41) is 3.14. The first-order valence-corrected chi connectivity index (χ1v) is 10.3. The van der Waals surface area contributed by atoms with Crippen molar-refractivity contribution in [1.29, 1.82) is 0 Å². The smallest absolute Gasteiger partial charge is 0.203 e. The molecule has 0 fully saturated rings. The van der Waals surface area contributed by atoms with Gasteiger partial charge in [-0.05, 0) is 35.4 Å². The predicted molar refractivity (Wildman–Crippen MR) is 132 cm³/mol. The summed E-state index contributed by atoms with van der Waals surface area (Å²) in [7, 11) is 6.35. The minimum absolute atomic E-state index is 0.0829. The van der Waals surface area contributed by atoms with Gasteiger partial charge >= 0.3 is 0 Å². The fraction of sp³-hybridized carbons (Fsp3) is 0.148. The lowest BCUT2D eigenvalue weighted by molar-refractivity contribution is 0.104. The monoisotopic (exact) mass is 445 g/mol. The average Bonchev–Trinajstić information content (AvgIpc) is 2.87. The van der Waals surface area contributed by atoms with Crippen molar-refractivity contribution >= 4 is 23.6 Å². The van der Waals surface area contributed by atoms with Gasteiger partial charge in [-0.15, -0.1) is 0 Å². The third-order valence-electron chi connectivity index (χ3n) is 4.91. The van der Waals surface area contributed by atoms with Crippen molar-refractivity contribution in [2.75, 3.05) is 33.8 Å². The van der Waals surface area contributed by atoms with Crippen LogP contribution in [0.25, 0.3) is 12.2 Å². The van der Waals surface area contributed by atoms with Gasteiger partial charge in [0.05, 0.1) is 34.1 Å². The summed E-state index contributed by atoms with van der Waals surface area (Å²) in [6.07, 6.45) is 7.02. The van der Waals surface area contributed by atoms with Crippen molar-refractivity contribution in [3.8, 4) is 23.0 Å². The van der Waals surface area contributed by atoms with Crippen LogP contribution in [0.4, 0.5) is 5.69 Å². The maximum absolute atomic E-state index is 12.3. The highest BCUT2D eigenvalue weighted by molar-refractivity contribution is 6.04. The number of methoxy groups -OCH3 is 4. The summed E-state index contributed by atoms with van der Waals surface area (Å²) in [5.41, 5.74) is 3.20. The van der Waals surface area contributed by atoms with Gasteiger partial charge in [0.25, 0.3) is 0 Å². The van der Waals surface area contributed by atoms with Crippen LogP contribution in [0, 0.1) is 0 Å². The molecule has 3 aromatic rings. The third-order valence-corrected chi connectivity index (χ3v) is 4.91. The molecule has 0 amide bonds. The molecule has 0 spiro atoms. The lowest BCUT2D eigenvalue weighted by atomic mass is 10.1. The van der Waals surface area contributed by atoms with Gasteiger partial charge in [0.2, 0.25) is 5.75 Å². The van der Waals surface area contributed by atoms with E-state index >= 15 is 0 Å². The van der Waals surface area contributed by atoms with E-state index in [0.717, 1.165) is 16.8 Å². The Hall–Kier alpha value is -4.19. The SMILES string of the molecule is COc1ccc(C=Cc2cc(OC)c(OC)c(OC)c2)cc1N/C=C\C(=O)c1ccccc1. The van der Waals surface area contributed by atoms with E-state index in [1.54, 1.807) is 46.8 Å². The first kappa shape index (κ1) is 23.5. The van der Waals surface area contributed by atoms with Gasteiger partial charge in [-0.25, -0.2) is 0 Å². The highest BCUT2D eigenvalue weighted by atomic mass is 16.5. The number of carbonyl (C=O) groups is 1. The molecule has 0 radical (unpaired) electrons. The Morgan fingerprint density at radius 2 is 1.36 bits per heavy atom. The van der Waals surface area contributed by atoms with E-state index in [2.05, 4.69) is 5.32 Å². The molecule has 1 N–H and O–H groups in total. The van der Waals surface area contributed by atoms with Crippen molar-refractivity contribution in [3.63, 3.8) is 0 Å². The van der Waals surface area contributed by atoms with Gasteiger partial charge < -0.3 is 24.3 Å². The van der Waals surface area contributed by atoms with Crippen LogP contribution in [0.5, 0.6) is 23.0 Å². The minimum atomic E-state index is -0.0829. The number of ether oxygens (including phenoxy) is 4. The molecule has 0 aromatic heterocycles. The van der Waals surface area contributed by atoms with Gasteiger partial charge in [0, 0.05) is 17.8 Å². The molecule has 0 bridgehead atoms. The van der Waals surface area contributed by atoms with Gasteiger partial charge in [-0.1, -0.05) is 48.6 Å². The Bertz CT molecular complexity index is 1130. The zero-order chi connectivity index (χ0) is 23.6. The predicted octanol–water partition coefficient (Wildman–Crippen LogP) is 5.70. The third kappa shape index (κ3) is 5.95. The molecule has 0 unspecified atom stereocenters. The van der Waals surface area contributed by atoms with E-state index in [4.69, 9.17) is 18.9 Å². The number of rotatable bonds is 10. The molecule has 170 valence electrons. The van der Waals surface area contributed by atoms with Crippen molar-refractivity contribution in [1.82, 2.24) is 0 Å². The van der Waals surface area contributed by atoms with Crippen molar-refractivity contribution in [2.24, 2.45) is 0 Å². The molecule has 3 aromatic carbocycles. The summed E-state index contributed by atoms with van der Waals surface area (Å²) in [6, 6.07) is 18.6. The molecule has 0 aliphatic carbocycles. The summed E-state index contributed by atoms with van der Waals surface area (Å²) >= 11 is 0. The van der Waals surface area contributed by atoms with Crippen LogP contribution in [0.1, 0.15) is 21.5 Å². The summed E-state index contributed by atoms with van der Waals surface area (Å²) in [6.45, 7) is 0. The van der Waals surface area contributed by atoms with E-state index in [9.17, 15) is 4.79 Å². The van der Waals surface area contributed by atoms with Crippen LogP contribution >= 0.6 is 0 Å². The Balaban J connectivity index is 1.80. The van der Waals surface area contributed by atoms with Gasteiger partial charge in [-0.2, -0.15) is 0 Å². The topological polar surface area (TPSA) is 66.0 Å². The average molecular weight is 446 g/mol. The quantitative estimate of drug-likeness (QED) is 0.245. The molecule has 33 heavy (non-hydrogen) atoms. The van der Waals surface area contributed by atoms with Crippen molar-refractivity contribution in [3.05, 3.63) is 89.6 Å². The van der Waals surface area contributed by atoms with Crippen LogP contribution in [0.3, 0.4) is 0 Å². The van der Waals surface area contributed by atoms with Crippen molar-refractivity contribution in [2.45, 2.75) is 0 Å². The van der Waals surface area contributed by atoms with E-state index in [0.29, 0.717) is 28.6 Å². The normalized spacial score (nSPS) is 10.9. The Morgan fingerprint density at radius 3 is 1.97 bits per heavy atom. The first-order chi connectivity index (χ1) is 16.1. The Labute approximate surface area is 194 Å². The summed E-state index contributed by atoms with van der Waals surface area (Å²) < 4.78 is 21.6. The molecule has 0 aliphatic heterocycles. The number of hydrogen-bond donors (Lipinski definition) is 1. The fourth-order valence-electron chi connectivity index (χ4n) is 3.24. The molecule has 6 nitrogen and oxygen atoms in total. The Morgan fingerprint density at radius 1 is 0.727 bits per heavy atom. The molecule has 0 atom stereocenters. The molecule has 0 saturated heterocycles. The van der Waals surface area contributed by atoms with Crippen LogP contribution in [0.15, 0.2) is 72.9 Å². The second-order valence-corrected chi connectivity index (χ2v) is 6.96. The van der Waals surface area contributed by atoms with Gasteiger partial charge in [-0.3, -0.25) is 4.79 Å².